The number of hydrogen-bond acceptors (Lipinski definition) is 1. The van der Waals surface area contributed by atoms with Crippen LogP contribution >= 0.6 is 13.5 Å². The Hall–Kier alpha value is -0.540. The first-order valence-corrected chi connectivity index (χ1v) is 5.74. The van der Waals surface area contributed by atoms with Crippen LogP contribution in [0.5, 0.6) is 0 Å². The Labute approximate surface area is 104 Å². The Morgan fingerprint density at radius 1 is 1.44 bits per heavy atom. The van der Waals surface area contributed by atoms with Gasteiger partial charge in [-0.05, 0) is 49.5 Å². The second-order valence-corrected chi connectivity index (χ2v) is 4.38. The van der Waals surface area contributed by atoms with Crippen LogP contribution in [-0.4, -0.2) is 24.5 Å². The van der Waals surface area contributed by atoms with Gasteiger partial charge < -0.3 is 4.90 Å². The van der Waals surface area contributed by atoms with E-state index in [1.807, 2.05) is 6.07 Å². The van der Waals surface area contributed by atoms with Crippen LogP contribution in [0.3, 0.4) is 0 Å². The van der Waals surface area contributed by atoms with Crippen LogP contribution in [0.25, 0.3) is 0 Å². The van der Waals surface area contributed by atoms with Crippen molar-refractivity contribution >= 4 is 13.5 Å². The number of likely N-dealkylation sites (tertiary alicyclic amines) is 1. The summed E-state index contributed by atoms with van der Waals surface area (Å²) in [5.41, 5.74) is 1.14. The maximum Gasteiger partial charge on any atom is 0.123 e. The molecule has 1 aromatic rings. The highest BCUT2D eigenvalue weighted by atomic mass is 32.1. The minimum Gasteiger partial charge on any atom is -0.303 e. The molecule has 1 aliphatic heterocycles. The summed E-state index contributed by atoms with van der Waals surface area (Å²) in [6.07, 6.45) is 2.28. The molecule has 1 atom stereocenters. The standard InChI is InChI=1S/C13H18FN.H2S/c1-2-15-7-6-12(10-15)8-11-4-3-5-13(14)9-11;/h3-5,9,12H,2,6-8,10H2,1H3;1H2/t12-;/m0./s1. The summed E-state index contributed by atoms with van der Waals surface area (Å²) in [5.74, 6) is 0.601. The molecule has 0 bridgehead atoms. The smallest absolute Gasteiger partial charge is 0.123 e. The van der Waals surface area contributed by atoms with Crippen molar-refractivity contribution in [2.75, 3.05) is 19.6 Å². The van der Waals surface area contributed by atoms with Crippen LogP contribution in [0, 0.1) is 11.7 Å². The summed E-state index contributed by atoms with van der Waals surface area (Å²) >= 11 is 0. The SMILES string of the molecule is CCN1CC[C@@H](Cc2cccc(F)c2)C1.S. The van der Waals surface area contributed by atoms with Crippen LogP contribution in [0.4, 0.5) is 4.39 Å². The van der Waals surface area contributed by atoms with Crippen molar-refractivity contribution < 1.29 is 4.39 Å². The molecule has 0 aromatic heterocycles. The van der Waals surface area contributed by atoms with Crippen molar-refractivity contribution in [1.82, 2.24) is 4.90 Å². The third-order valence-electron chi connectivity index (χ3n) is 3.23. The minimum absolute atomic E-state index is 0. The topological polar surface area (TPSA) is 3.24 Å². The first-order chi connectivity index (χ1) is 7.28. The van der Waals surface area contributed by atoms with Crippen LogP contribution < -0.4 is 0 Å². The molecule has 0 unspecified atom stereocenters. The van der Waals surface area contributed by atoms with Gasteiger partial charge in [0.25, 0.3) is 0 Å². The van der Waals surface area contributed by atoms with Crippen molar-refractivity contribution in [2.45, 2.75) is 19.8 Å². The van der Waals surface area contributed by atoms with E-state index in [2.05, 4.69) is 11.8 Å². The van der Waals surface area contributed by atoms with Crippen molar-refractivity contribution in [3.05, 3.63) is 35.6 Å². The van der Waals surface area contributed by atoms with Gasteiger partial charge >= 0.3 is 0 Å². The zero-order valence-corrected chi connectivity index (χ0v) is 10.7. The van der Waals surface area contributed by atoms with Crippen molar-refractivity contribution in [2.24, 2.45) is 5.92 Å². The molecule has 0 aliphatic carbocycles. The van der Waals surface area contributed by atoms with E-state index in [-0.39, 0.29) is 19.3 Å². The summed E-state index contributed by atoms with van der Waals surface area (Å²) in [7, 11) is 0. The first kappa shape index (κ1) is 13.5. The maximum atomic E-state index is 13.0. The molecule has 0 radical (unpaired) electrons. The number of halogens is 1. The molecule has 0 amide bonds. The molecular weight excluding hydrogens is 221 g/mol. The molecule has 0 N–H and O–H groups in total. The number of hydrogen-bond donors (Lipinski definition) is 0. The largest absolute Gasteiger partial charge is 0.303 e. The lowest BCUT2D eigenvalue weighted by molar-refractivity contribution is 0.342. The molecule has 2 rings (SSSR count). The Balaban J connectivity index is 0.00000128. The Morgan fingerprint density at radius 3 is 2.88 bits per heavy atom. The highest BCUT2D eigenvalue weighted by Crippen LogP contribution is 2.20. The summed E-state index contributed by atoms with van der Waals surface area (Å²) in [6.45, 7) is 5.72. The number of benzene rings is 1. The van der Waals surface area contributed by atoms with Gasteiger partial charge in [-0.1, -0.05) is 19.1 Å². The summed E-state index contributed by atoms with van der Waals surface area (Å²) in [5, 5.41) is 0. The molecule has 1 saturated heterocycles. The second-order valence-electron chi connectivity index (χ2n) is 4.38. The van der Waals surface area contributed by atoms with Gasteiger partial charge in [-0.25, -0.2) is 4.39 Å². The van der Waals surface area contributed by atoms with Crippen LogP contribution in [0.15, 0.2) is 24.3 Å². The van der Waals surface area contributed by atoms with Gasteiger partial charge in [0.1, 0.15) is 5.82 Å². The van der Waals surface area contributed by atoms with Crippen molar-refractivity contribution in [3.8, 4) is 0 Å². The Kier molecular flexibility index (Phi) is 5.29. The van der Waals surface area contributed by atoms with Crippen molar-refractivity contribution in [1.29, 1.82) is 0 Å². The molecule has 1 heterocycles. The monoisotopic (exact) mass is 241 g/mol. The third kappa shape index (κ3) is 3.49. The molecule has 90 valence electrons. The summed E-state index contributed by atoms with van der Waals surface area (Å²) < 4.78 is 13.0. The zero-order chi connectivity index (χ0) is 10.7. The second kappa shape index (κ2) is 6.26. The average Bonchev–Trinajstić information content (AvgIpc) is 2.65. The first-order valence-electron chi connectivity index (χ1n) is 5.74. The van der Waals surface area contributed by atoms with E-state index in [0.29, 0.717) is 5.92 Å². The number of rotatable bonds is 3. The molecule has 0 saturated carbocycles. The fraction of sp³-hybridized carbons (Fsp3) is 0.538. The fourth-order valence-corrected chi connectivity index (χ4v) is 2.36. The fourth-order valence-electron chi connectivity index (χ4n) is 2.36. The lowest BCUT2D eigenvalue weighted by atomic mass is 9.99. The number of nitrogens with zero attached hydrogens (tertiary/aromatic N) is 1. The van der Waals surface area contributed by atoms with Gasteiger partial charge in [0, 0.05) is 6.54 Å². The van der Waals surface area contributed by atoms with Crippen LogP contribution in [0.1, 0.15) is 18.9 Å². The van der Waals surface area contributed by atoms with E-state index in [1.165, 1.54) is 25.6 Å². The van der Waals surface area contributed by atoms with E-state index in [0.717, 1.165) is 18.5 Å². The molecule has 16 heavy (non-hydrogen) atoms. The predicted octanol–water partition coefficient (Wildman–Crippen LogP) is 2.82. The highest BCUT2D eigenvalue weighted by molar-refractivity contribution is 7.59. The third-order valence-corrected chi connectivity index (χ3v) is 3.23. The van der Waals surface area contributed by atoms with Crippen LogP contribution in [0.2, 0.25) is 0 Å². The molecular formula is C13H20FNS. The van der Waals surface area contributed by atoms with Gasteiger partial charge in [-0.2, -0.15) is 13.5 Å². The average molecular weight is 241 g/mol. The minimum atomic E-state index is -0.113. The molecule has 1 nitrogen and oxygen atoms in total. The summed E-state index contributed by atoms with van der Waals surface area (Å²) in [6, 6.07) is 7.00. The predicted molar refractivity (Wildman–Crippen MR) is 70.7 cm³/mol. The zero-order valence-electron chi connectivity index (χ0n) is 9.75. The van der Waals surface area contributed by atoms with Crippen molar-refractivity contribution in [3.63, 3.8) is 0 Å². The summed E-state index contributed by atoms with van der Waals surface area (Å²) in [4.78, 5) is 2.46. The quantitative estimate of drug-likeness (QED) is 0.786. The molecule has 1 aliphatic rings. The van der Waals surface area contributed by atoms with Gasteiger partial charge in [0.05, 0.1) is 0 Å². The normalized spacial score (nSPS) is 20.8. The Morgan fingerprint density at radius 2 is 2.25 bits per heavy atom. The highest BCUT2D eigenvalue weighted by Gasteiger charge is 2.21. The molecule has 3 heteroatoms. The van der Waals surface area contributed by atoms with E-state index in [1.54, 1.807) is 12.1 Å². The lowest BCUT2D eigenvalue weighted by Crippen LogP contribution is -2.20. The maximum absolute atomic E-state index is 13.0. The Bertz CT molecular complexity index is 329. The van der Waals surface area contributed by atoms with Crippen LogP contribution in [-0.2, 0) is 6.42 Å². The lowest BCUT2D eigenvalue weighted by Gasteiger charge is -2.13. The van der Waals surface area contributed by atoms with E-state index < -0.39 is 0 Å². The van der Waals surface area contributed by atoms with Gasteiger partial charge in [-0.15, -0.1) is 0 Å². The molecule has 1 aromatic carbocycles. The van der Waals surface area contributed by atoms with Gasteiger partial charge in [-0.3, -0.25) is 0 Å². The van der Waals surface area contributed by atoms with E-state index >= 15 is 0 Å². The van der Waals surface area contributed by atoms with E-state index in [9.17, 15) is 4.39 Å². The molecule has 0 spiro atoms. The molecule has 1 fully saturated rings. The van der Waals surface area contributed by atoms with Gasteiger partial charge in [0.15, 0.2) is 0 Å². The van der Waals surface area contributed by atoms with E-state index in [4.69, 9.17) is 0 Å². The van der Waals surface area contributed by atoms with Gasteiger partial charge in [0.2, 0.25) is 0 Å².